The topological polar surface area (TPSA) is 0 Å². The van der Waals surface area contributed by atoms with Crippen LogP contribution in [0.15, 0.2) is 24.8 Å². The zero-order valence-corrected chi connectivity index (χ0v) is 11.0. The standard InChI is InChI=1S/C16H26/c1-5-12(2)11-16(4)7-6-14-8-13(3)9-15(16)10-14/h5,13-15H,1-2,6-11H2,3-4H3. The van der Waals surface area contributed by atoms with E-state index in [9.17, 15) is 0 Å². The highest BCUT2D eigenvalue weighted by Gasteiger charge is 2.43. The minimum atomic E-state index is 0.510. The van der Waals surface area contributed by atoms with E-state index in [0.717, 1.165) is 17.8 Å². The summed E-state index contributed by atoms with van der Waals surface area (Å²) in [5.74, 6) is 2.91. The summed E-state index contributed by atoms with van der Waals surface area (Å²) in [4.78, 5) is 0. The third-order valence-corrected chi connectivity index (χ3v) is 5.07. The Morgan fingerprint density at radius 3 is 2.81 bits per heavy atom. The molecule has 90 valence electrons. The average Bonchev–Trinajstić information content (AvgIpc) is 2.24. The van der Waals surface area contributed by atoms with Crippen LogP contribution in [0.3, 0.4) is 0 Å². The number of hydrogen-bond acceptors (Lipinski definition) is 0. The van der Waals surface area contributed by atoms with Crippen LogP contribution in [0.25, 0.3) is 0 Å². The monoisotopic (exact) mass is 218 g/mol. The van der Waals surface area contributed by atoms with Crippen molar-refractivity contribution < 1.29 is 0 Å². The summed E-state index contributed by atoms with van der Waals surface area (Å²) in [7, 11) is 0. The van der Waals surface area contributed by atoms with E-state index in [1.165, 1.54) is 44.1 Å². The number of fused-ring (bicyclic) bond motifs is 2. The van der Waals surface area contributed by atoms with Gasteiger partial charge in [0.1, 0.15) is 0 Å². The fourth-order valence-electron chi connectivity index (χ4n) is 4.11. The van der Waals surface area contributed by atoms with E-state index in [0.29, 0.717) is 5.41 Å². The Bertz CT molecular complexity index is 286. The van der Waals surface area contributed by atoms with Crippen molar-refractivity contribution in [2.75, 3.05) is 0 Å². The molecule has 0 radical (unpaired) electrons. The molecule has 2 bridgehead atoms. The largest absolute Gasteiger partial charge is 0.0988 e. The molecule has 2 aliphatic rings. The maximum absolute atomic E-state index is 4.12. The Morgan fingerprint density at radius 2 is 2.12 bits per heavy atom. The second kappa shape index (κ2) is 4.39. The van der Waals surface area contributed by atoms with Gasteiger partial charge in [0.05, 0.1) is 0 Å². The van der Waals surface area contributed by atoms with Crippen LogP contribution in [0.5, 0.6) is 0 Å². The van der Waals surface area contributed by atoms with Gasteiger partial charge in [-0.2, -0.15) is 0 Å². The predicted molar refractivity (Wildman–Crippen MR) is 71.3 cm³/mol. The molecule has 0 heteroatoms. The van der Waals surface area contributed by atoms with Gasteiger partial charge in [-0.25, -0.2) is 0 Å². The SMILES string of the molecule is C=CC(=C)CC1(C)CCC2CC(C)CC1C2. The van der Waals surface area contributed by atoms with Crippen LogP contribution in [-0.4, -0.2) is 0 Å². The van der Waals surface area contributed by atoms with Crippen molar-refractivity contribution in [1.29, 1.82) is 0 Å². The van der Waals surface area contributed by atoms with Crippen molar-refractivity contribution in [3.05, 3.63) is 24.8 Å². The zero-order chi connectivity index (χ0) is 11.8. The quantitative estimate of drug-likeness (QED) is 0.587. The van der Waals surface area contributed by atoms with Gasteiger partial charge in [-0.05, 0) is 61.7 Å². The first-order chi connectivity index (χ1) is 7.53. The van der Waals surface area contributed by atoms with Crippen molar-refractivity contribution in [3.8, 4) is 0 Å². The van der Waals surface area contributed by atoms with Crippen LogP contribution < -0.4 is 0 Å². The van der Waals surface area contributed by atoms with Crippen molar-refractivity contribution in [2.45, 2.75) is 52.4 Å². The molecule has 4 atom stereocenters. The normalized spacial score (nSPS) is 42.8. The molecule has 16 heavy (non-hydrogen) atoms. The number of rotatable bonds is 3. The number of hydrogen-bond donors (Lipinski definition) is 0. The lowest BCUT2D eigenvalue weighted by Crippen LogP contribution is -2.39. The second-order valence-corrected chi connectivity index (χ2v) is 6.61. The van der Waals surface area contributed by atoms with Crippen molar-refractivity contribution in [2.24, 2.45) is 23.2 Å². The van der Waals surface area contributed by atoms with Crippen LogP contribution in [0.2, 0.25) is 0 Å². The Hall–Kier alpha value is -0.520. The molecular weight excluding hydrogens is 192 g/mol. The lowest BCUT2D eigenvalue weighted by Gasteiger charge is -2.50. The molecule has 0 aromatic rings. The molecule has 2 saturated carbocycles. The average molecular weight is 218 g/mol. The van der Waals surface area contributed by atoms with E-state index in [4.69, 9.17) is 0 Å². The maximum Gasteiger partial charge on any atom is -0.0228 e. The van der Waals surface area contributed by atoms with Crippen molar-refractivity contribution in [1.82, 2.24) is 0 Å². The molecule has 0 N–H and O–H groups in total. The molecule has 0 amide bonds. The zero-order valence-electron chi connectivity index (χ0n) is 11.0. The molecule has 0 aliphatic heterocycles. The summed E-state index contributed by atoms with van der Waals surface area (Å²) in [5.41, 5.74) is 1.75. The Labute approximate surface area is 101 Å². The van der Waals surface area contributed by atoms with Crippen LogP contribution in [0.1, 0.15) is 52.4 Å². The van der Waals surface area contributed by atoms with Gasteiger partial charge in [-0.3, -0.25) is 0 Å². The molecule has 2 fully saturated rings. The highest BCUT2D eigenvalue weighted by Crippen LogP contribution is 2.54. The highest BCUT2D eigenvalue weighted by atomic mass is 14.5. The molecule has 2 rings (SSSR count). The van der Waals surface area contributed by atoms with E-state index in [1.54, 1.807) is 0 Å². The fourth-order valence-corrected chi connectivity index (χ4v) is 4.11. The molecule has 2 aliphatic carbocycles. The van der Waals surface area contributed by atoms with Gasteiger partial charge in [-0.1, -0.05) is 38.7 Å². The van der Waals surface area contributed by atoms with Gasteiger partial charge >= 0.3 is 0 Å². The van der Waals surface area contributed by atoms with Crippen LogP contribution in [0, 0.1) is 23.2 Å². The predicted octanol–water partition coefficient (Wildman–Crippen LogP) is 4.97. The van der Waals surface area contributed by atoms with Crippen molar-refractivity contribution >= 4 is 0 Å². The van der Waals surface area contributed by atoms with E-state index in [-0.39, 0.29) is 0 Å². The molecular formula is C16H26. The van der Waals surface area contributed by atoms with E-state index in [2.05, 4.69) is 27.0 Å². The molecule has 0 aromatic carbocycles. The smallest absolute Gasteiger partial charge is 0.0228 e. The van der Waals surface area contributed by atoms with Gasteiger partial charge < -0.3 is 0 Å². The molecule has 0 spiro atoms. The summed E-state index contributed by atoms with van der Waals surface area (Å²) >= 11 is 0. The minimum Gasteiger partial charge on any atom is -0.0988 e. The summed E-state index contributed by atoms with van der Waals surface area (Å²) in [6.45, 7) is 12.9. The Balaban J connectivity index is 2.09. The second-order valence-electron chi connectivity index (χ2n) is 6.61. The first-order valence-electron chi connectivity index (χ1n) is 6.83. The first-order valence-corrected chi connectivity index (χ1v) is 6.83. The summed E-state index contributed by atoms with van der Waals surface area (Å²) < 4.78 is 0. The lowest BCUT2D eigenvalue weighted by molar-refractivity contribution is 0.0204. The fraction of sp³-hybridized carbons (Fsp3) is 0.750. The van der Waals surface area contributed by atoms with Gasteiger partial charge in [0.15, 0.2) is 0 Å². The summed E-state index contributed by atoms with van der Waals surface area (Å²) in [6.07, 6.45) is 10.4. The summed E-state index contributed by atoms with van der Waals surface area (Å²) in [5, 5.41) is 0. The first kappa shape index (κ1) is 12.0. The summed E-state index contributed by atoms with van der Waals surface area (Å²) in [6, 6.07) is 0. The van der Waals surface area contributed by atoms with Gasteiger partial charge in [0, 0.05) is 0 Å². The molecule has 4 unspecified atom stereocenters. The number of allylic oxidation sites excluding steroid dienone is 2. The molecule has 0 aromatic heterocycles. The minimum absolute atomic E-state index is 0.510. The highest BCUT2D eigenvalue weighted by molar-refractivity contribution is 5.14. The van der Waals surface area contributed by atoms with Crippen molar-refractivity contribution in [3.63, 3.8) is 0 Å². The van der Waals surface area contributed by atoms with Gasteiger partial charge in [0.2, 0.25) is 0 Å². The van der Waals surface area contributed by atoms with Gasteiger partial charge in [0.25, 0.3) is 0 Å². The molecule has 0 saturated heterocycles. The third-order valence-electron chi connectivity index (χ3n) is 5.07. The Kier molecular flexibility index (Phi) is 3.28. The maximum atomic E-state index is 4.12. The van der Waals surface area contributed by atoms with Crippen LogP contribution in [-0.2, 0) is 0 Å². The van der Waals surface area contributed by atoms with Crippen LogP contribution in [0.4, 0.5) is 0 Å². The van der Waals surface area contributed by atoms with E-state index in [1.807, 2.05) is 6.08 Å². The van der Waals surface area contributed by atoms with Crippen LogP contribution >= 0.6 is 0 Å². The van der Waals surface area contributed by atoms with Gasteiger partial charge in [-0.15, -0.1) is 0 Å². The Morgan fingerprint density at radius 1 is 1.38 bits per heavy atom. The molecule has 0 heterocycles. The van der Waals surface area contributed by atoms with E-state index < -0.39 is 0 Å². The third kappa shape index (κ3) is 2.26. The lowest BCUT2D eigenvalue weighted by atomic mass is 9.56. The molecule has 0 nitrogen and oxygen atoms in total. The van der Waals surface area contributed by atoms with E-state index >= 15 is 0 Å².